The Hall–Kier alpha value is -1.59. The zero-order valence-electron chi connectivity index (χ0n) is 16.2. The van der Waals surface area contributed by atoms with E-state index in [0.29, 0.717) is 24.7 Å². The SMILES string of the molecule is CCCCCCCCCC1(CC(=O)Nc2ccccc2OC)OCCO1. The fourth-order valence-corrected chi connectivity index (χ4v) is 3.37. The summed E-state index contributed by atoms with van der Waals surface area (Å²) in [4.78, 5) is 12.5. The number of amides is 1. The van der Waals surface area contributed by atoms with Gasteiger partial charge in [-0.25, -0.2) is 0 Å². The van der Waals surface area contributed by atoms with Crippen LogP contribution in [-0.4, -0.2) is 32.0 Å². The minimum atomic E-state index is -0.768. The third-order valence-electron chi connectivity index (χ3n) is 4.79. The molecule has 1 aliphatic rings. The van der Waals surface area contributed by atoms with E-state index in [0.717, 1.165) is 19.3 Å². The highest BCUT2D eigenvalue weighted by Crippen LogP contribution is 2.31. The van der Waals surface area contributed by atoms with Crippen LogP contribution in [0.1, 0.15) is 64.7 Å². The van der Waals surface area contributed by atoms with Gasteiger partial charge in [-0.1, -0.05) is 57.6 Å². The molecular formula is C21H33NO4. The second-order valence-corrected chi connectivity index (χ2v) is 6.90. The number of hydrogen-bond donors (Lipinski definition) is 1. The van der Waals surface area contributed by atoms with Crippen LogP contribution in [0.5, 0.6) is 5.75 Å². The van der Waals surface area contributed by atoms with Crippen LogP contribution in [-0.2, 0) is 14.3 Å². The molecule has 0 unspecified atom stereocenters. The van der Waals surface area contributed by atoms with Crippen molar-refractivity contribution in [2.45, 2.75) is 70.5 Å². The second kappa shape index (κ2) is 11.2. The van der Waals surface area contributed by atoms with Gasteiger partial charge in [-0.05, 0) is 18.6 Å². The number of unbranched alkanes of at least 4 members (excludes halogenated alkanes) is 6. The van der Waals surface area contributed by atoms with Crippen LogP contribution >= 0.6 is 0 Å². The van der Waals surface area contributed by atoms with E-state index >= 15 is 0 Å². The first-order chi connectivity index (χ1) is 12.7. The summed E-state index contributed by atoms with van der Waals surface area (Å²) in [5.41, 5.74) is 0.670. The number of benzene rings is 1. The van der Waals surface area contributed by atoms with Gasteiger partial charge in [-0.2, -0.15) is 0 Å². The summed E-state index contributed by atoms with van der Waals surface area (Å²) in [7, 11) is 1.59. The fourth-order valence-electron chi connectivity index (χ4n) is 3.37. The average molecular weight is 363 g/mol. The molecule has 1 amide bonds. The number of ether oxygens (including phenoxy) is 3. The molecule has 0 aliphatic carbocycles. The van der Waals surface area contributed by atoms with Gasteiger partial charge in [0.15, 0.2) is 5.79 Å². The van der Waals surface area contributed by atoms with Crippen LogP contribution in [0.25, 0.3) is 0 Å². The number of hydrogen-bond acceptors (Lipinski definition) is 4. The molecule has 2 rings (SSSR count). The van der Waals surface area contributed by atoms with Gasteiger partial charge in [0.2, 0.25) is 5.91 Å². The highest BCUT2D eigenvalue weighted by Gasteiger charge is 2.38. The molecular weight excluding hydrogens is 330 g/mol. The number of carbonyl (C=O) groups is 1. The lowest BCUT2D eigenvalue weighted by Crippen LogP contribution is -2.35. The molecule has 1 aromatic rings. The lowest BCUT2D eigenvalue weighted by atomic mass is 10.0. The van der Waals surface area contributed by atoms with E-state index in [4.69, 9.17) is 14.2 Å². The van der Waals surface area contributed by atoms with Crippen LogP contribution in [0.3, 0.4) is 0 Å². The zero-order chi connectivity index (χ0) is 18.7. The summed E-state index contributed by atoms with van der Waals surface area (Å²) in [6.45, 7) is 3.34. The fraction of sp³-hybridized carbons (Fsp3) is 0.667. The molecule has 0 bridgehead atoms. The highest BCUT2D eigenvalue weighted by molar-refractivity contribution is 5.92. The highest BCUT2D eigenvalue weighted by atomic mass is 16.7. The predicted molar refractivity (Wildman–Crippen MR) is 103 cm³/mol. The Balaban J connectivity index is 1.80. The first-order valence-corrected chi connectivity index (χ1v) is 9.90. The number of nitrogens with one attached hydrogen (secondary N) is 1. The molecule has 5 heteroatoms. The Bertz CT molecular complexity index is 541. The van der Waals surface area contributed by atoms with Gasteiger partial charge >= 0.3 is 0 Å². The Morgan fingerprint density at radius 3 is 2.42 bits per heavy atom. The lowest BCUT2D eigenvalue weighted by Gasteiger charge is -2.27. The summed E-state index contributed by atoms with van der Waals surface area (Å²) in [5.74, 6) is -0.232. The number of methoxy groups -OCH3 is 1. The maximum Gasteiger partial charge on any atom is 0.229 e. The molecule has 1 aliphatic heterocycles. The average Bonchev–Trinajstić information content (AvgIpc) is 3.09. The molecule has 0 aromatic heterocycles. The van der Waals surface area contributed by atoms with Gasteiger partial charge in [0, 0.05) is 6.42 Å². The third-order valence-corrected chi connectivity index (χ3v) is 4.79. The van der Waals surface area contributed by atoms with Crippen LogP contribution in [0.4, 0.5) is 5.69 Å². The van der Waals surface area contributed by atoms with Gasteiger partial charge in [-0.3, -0.25) is 4.79 Å². The summed E-state index contributed by atoms with van der Waals surface area (Å²) >= 11 is 0. The molecule has 1 aromatic carbocycles. The first kappa shape index (κ1) is 20.7. The minimum Gasteiger partial charge on any atom is -0.495 e. The van der Waals surface area contributed by atoms with Crippen molar-refractivity contribution in [1.82, 2.24) is 0 Å². The van der Waals surface area contributed by atoms with E-state index in [-0.39, 0.29) is 12.3 Å². The summed E-state index contributed by atoms with van der Waals surface area (Å²) in [5, 5.41) is 2.91. The van der Waals surface area contributed by atoms with Crippen molar-refractivity contribution >= 4 is 11.6 Å². The Morgan fingerprint density at radius 2 is 1.73 bits per heavy atom. The van der Waals surface area contributed by atoms with Gasteiger partial charge in [0.25, 0.3) is 0 Å². The van der Waals surface area contributed by atoms with Crippen molar-refractivity contribution < 1.29 is 19.0 Å². The summed E-state index contributed by atoms with van der Waals surface area (Å²) in [6, 6.07) is 7.40. The smallest absolute Gasteiger partial charge is 0.229 e. The van der Waals surface area contributed by atoms with E-state index in [2.05, 4.69) is 12.2 Å². The lowest BCUT2D eigenvalue weighted by molar-refractivity contribution is -0.172. The van der Waals surface area contributed by atoms with E-state index in [1.54, 1.807) is 7.11 Å². The van der Waals surface area contributed by atoms with Crippen molar-refractivity contribution in [2.24, 2.45) is 0 Å². The second-order valence-electron chi connectivity index (χ2n) is 6.90. The Labute approximate surface area is 157 Å². The monoisotopic (exact) mass is 363 g/mol. The first-order valence-electron chi connectivity index (χ1n) is 9.90. The Kier molecular flexibility index (Phi) is 8.92. The van der Waals surface area contributed by atoms with E-state index in [9.17, 15) is 4.79 Å². The van der Waals surface area contributed by atoms with Crippen LogP contribution in [0.2, 0.25) is 0 Å². The molecule has 0 radical (unpaired) electrons. The van der Waals surface area contributed by atoms with Crippen LogP contribution in [0, 0.1) is 0 Å². The largest absolute Gasteiger partial charge is 0.495 e. The molecule has 26 heavy (non-hydrogen) atoms. The molecule has 146 valence electrons. The van der Waals surface area contributed by atoms with Crippen molar-refractivity contribution in [1.29, 1.82) is 0 Å². The normalized spacial score (nSPS) is 15.8. The summed E-state index contributed by atoms with van der Waals surface area (Å²) < 4.78 is 17.0. The molecule has 1 heterocycles. The molecule has 1 fully saturated rings. The predicted octanol–water partition coefficient (Wildman–Crippen LogP) is 4.91. The molecule has 0 saturated carbocycles. The number of rotatable bonds is 12. The standard InChI is InChI=1S/C21H33NO4/c1-3-4-5-6-7-8-11-14-21(25-15-16-26-21)17-20(23)22-18-12-9-10-13-19(18)24-2/h9-10,12-13H,3-8,11,14-17H2,1-2H3,(H,22,23). The topological polar surface area (TPSA) is 56.8 Å². The van der Waals surface area contributed by atoms with Crippen LogP contribution in [0.15, 0.2) is 24.3 Å². The van der Waals surface area contributed by atoms with Gasteiger partial charge in [-0.15, -0.1) is 0 Å². The third kappa shape index (κ3) is 6.61. The molecule has 1 N–H and O–H groups in total. The quantitative estimate of drug-likeness (QED) is 0.536. The number of carbonyl (C=O) groups excluding carboxylic acids is 1. The maximum atomic E-state index is 12.5. The van der Waals surface area contributed by atoms with Crippen molar-refractivity contribution in [3.63, 3.8) is 0 Å². The van der Waals surface area contributed by atoms with Crippen molar-refractivity contribution in [3.8, 4) is 5.75 Å². The summed E-state index contributed by atoms with van der Waals surface area (Å²) in [6.07, 6.45) is 9.59. The number of anilines is 1. The zero-order valence-corrected chi connectivity index (χ0v) is 16.2. The number of para-hydroxylation sites is 2. The van der Waals surface area contributed by atoms with Gasteiger partial charge < -0.3 is 19.5 Å². The minimum absolute atomic E-state index is 0.112. The van der Waals surface area contributed by atoms with E-state index < -0.39 is 5.79 Å². The molecule has 0 spiro atoms. The van der Waals surface area contributed by atoms with E-state index in [1.807, 2.05) is 24.3 Å². The van der Waals surface area contributed by atoms with Crippen LogP contribution < -0.4 is 10.1 Å². The maximum absolute atomic E-state index is 12.5. The van der Waals surface area contributed by atoms with Crippen molar-refractivity contribution in [2.75, 3.05) is 25.6 Å². The van der Waals surface area contributed by atoms with Gasteiger partial charge in [0.1, 0.15) is 5.75 Å². The molecule has 1 saturated heterocycles. The van der Waals surface area contributed by atoms with E-state index in [1.165, 1.54) is 32.1 Å². The Morgan fingerprint density at radius 1 is 1.08 bits per heavy atom. The van der Waals surface area contributed by atoms with Crippen molar-refractivity contribution in [3.05, 3.63) is 24.3 Å². The molecule has 5 nitrogen and oxygen atoms in total. The molecule has 0 atom stereocenters. The van der Waals surface area contributed by atoms with Gasteiger partial charge in [0.05, 0.1) is 32.4 Å².